The Bertz CT molecular complexity index is 977. The highest BCUT2D eigenvalue weighted by molar-refractivity contribution is 8.15. The summed E-state index contributed by atoms with van der Waals surface area (Å²) >= 11 is 0.877. The van der Waals surface area contributed by atoms with E-state index in [1.165, 1.54) is 25.3 Å². The first-order chi connectivity index (χ1) is 14.2. The Kier molecular flexibility index (Phi) is 6.35. The van der Waals surface area contributed by atoms with E-state index < -0.39 is 34.0 Å². The molecule has 0 radical (unpaired) electrons. The van der Waals surface area contributed by atoms with E-state index in [4.69, 9.17) is 4.74 Å². The number of rotatable bonds is 6. The van der Waals surface area contributed by atoms with E-state index in [9.17, 15) is 27.6 Å². The molecule has 1 atom stereocenters. The van der Waals surface area contributed by atoms with Crippen LogP contribution in [0.15, 0.2) is 42.5 Å². The van der Waals surface area contributed by atoms with Gasteiger partial charge in [0.25, 0.3) is 11.1 Å². The van der Waals surface area contributed by atoms with Gasteiger partial charge in [-0.1, -0.05) is 23.9 Å². The van der Waals surface area contributed by atoms with Crippen molar-refractivity contribution in [1.29, 1.82) is 0 Å². The summed E-state index contributed by atoms with van der Waals surface area (Å²) in [6.07, 6.45) is -4.22. The monoisotopic (exact) mass is 438 g/mol. The summed E-state index contributed by atoms with van der Waals surface area (Å²) in [4.78, 5) is 35.6. The Morgan fingerprint density at radius 2 is 1.87 bits per heavy atom. The Labute approximate surface area is 174 Å². The number of benzene rings is 2. The summed E-state index contributed by atoms with van der Waals surface area (Å²) in [5.41, 5.74) is 0.641. The summed E-state index contributed by atoms with van der Waals surface area (Å²) < 4.78 is 43.1. The largest absolute Gasteiger partial charge is 0.496 e. The zero-order valence-corrected chi connectivity index (χ0v) is 16.5. The summed E-state index contributed by atoms with van der Waals surface area (Å²) in [5.74, 6) is -0.357. The lowest BCUT2D eigenvalue weighted by molar-refractivity contribution is -0.137. The molecular formula is C20H17F3N2O4S. The lowest BCUT2D eigenvalue weighted by Crippen LogP contribution is -2.26. The van der Waals surface area contributed by atoms with Crippen LogP contribution in [0.1, 0.15) is 27.0 Å². The van der Waals surface area contributed by atoms with Gasteiger partial charge in [-0.05, 0) is 47.9 Å². The average Bonchev–Trinajstić information content (AvgIpc) is 3.02. The van der Waals surface area contributed by atoms with E-state index in [-0.39, 0.29) is 13.0 Å². The summed E-state index contributed by atoms with van der Waals surface area (Å²) in [6, 6.07) is 9.21. The van der Waals surface area contributed by atoms with E-state index in [0.29, 0.717) is 22.4 Å². The van der Waals surface area contributed by atoms with Crippen LogP contribution in [0.5, 0.6) is 5.75 Å². The standard InChI is InChI=1S/C20H17F3N2O4S/c1-29-15-7-4-12(8-13(15)9-16-18(27)25-19(28)30-16)17(26)24-10-11-2-5-14(6-3-11)20(21,22)23/h2-8,16H,9-10H2,1H3,(H,24,26)(H,25,27,28). The number of alkyl halides is 3. The maximum Gasteiger partial charge on any atom is 0.416 e. The molecule has 1 unspecified atom stereocenters. The summed E-state index contributed by atoms with van der Waals surface area (Å²) in [6.45, 7) is 0.0493. The predicted molar refractivity (Wildman–Crippen MR) is 104 cm³/mol. The first-order valence-corrected chi connectivity index (χ1v) is 9.68. The minimum atomic E-state index is -4.42. The molecule has 3 rings (SSSR count). The predicted octanol–water partition coefficient (Wildman–Crippen LogP) is 3.54. The van der Waals surface area contributed by atoms with Gasteiger partial charge >= 0.3 is 6.18 Å². The molecule has 1 aliphatic rings. The topological polar surface area (TPSA) is 84.5 Å². The Morgan fingerprint density at radius 1 is 1.17 bits per heavy atom. The molecule has 10 heteroatoms. The minimum absolute atomic E-state index is 0.0493. The normalized spacial score (nSPS) is 16.3. The molecule has 1 fully saturated rings. The van der Waals surface area contributed by atoms with Gasteiger partial charge in [-0.25, -0.2) is 0 Å². The molecule has 3 amide bonds. The molecule has 0 aliphatic carbocycles. The van der Waals surface area contributed by atoms with Crippen LogP contribution in [0.3, 0.4) is 0 Å². The number of imide groups is 1. The van der Waals surface area contributed by atoms with Crippen molar-refractivity contribution in [2.24, 2.45) is 0 Å². The van der Waals surface area contributed by atoms with Crippen molar-refractivity contribution >= 4 is 28.8 Å². The lowest BCUT2D eigenvalue weighted by atomic mass is 10.0. The van der Waals surface area contributed by atoms with Gasteiger partial charge in [0.05, 0.1) is 17.9 Å². The van der Waals surface area contributed by atoms with Crippen molar-refractivity contribution in [2.45, 2.75) is 24.4 Å². The van der Waals surface area contributed by atoms with Crippen LogP contribution in [-0.2, 0) is 23.9 Å². The smallest absolute Gasteiger partial charge is 0.416 e. The maximum absolute atomic E-state index is 12.6. The third-order valence-electron chi connectivity index (χ3n) is 4.45. The van der Waals surface area contributed by atoms with Gasteiger partial charge in [0.2, 0.25) is 5.91 Å². The summed E-state index contributed by atoms with van der Waals surface area (Å²) in [5, 5.41) is 3.82. The number of nitrogens with one attached hydrogen (secondary N) is 2. The van der Waals surface area contributed by atoms with Crippen molar-refractivity contribution in [1.82, 2.24) is 10.6 Å². The van der Waals surface area contributed by atoms with Crippen molar-refractivity contribution in [3.63, 3.8) is 0 Å². The van der Waals surface area contributed by atoms with Crippen LogP contribution in [0.4, 0.5) is 18.0 Å². The molecule has 0 saturated carbocycles. The molecule has 2 N–H and O–H groups in total. The first kappa shape index (κ1) is 21.7. The second-order valence-electron chi connectivity index (χ2n) is 6.49. The molecule has 0 aromatic heterocycles. The fraction of sp³-hybridized carbons (Fsp3) is 0.250. The second kappa shape index (κ2) is 8.78. The van der Waals surface area contributed by atoms with Crippen LogP contribution < -0.4 is 15.4 Å². The van der Waals surface area contributed by atoms with E-state index >= 15 is 0 Å². The van der Waals surface area contributed by atoms with Gasteiger partial charge in [-0.2, -0.15) is 13.2 Å². The number of thioether (sulfide) groups is 1. The average molecular weight is 438 g/mol. The molecule has 0 bridgehead atoms. The van der Waals surface area contributed by atoms with Crippen LogP contribution in [0, 0.1) is 0 Å². The van der Waals surface area contributed by atoms with Crippen molar-refractivity contribution < 1.29 is 32.3 Å². The molecule has 2 aromatic carbocycles. The fourth-order valence-corrected chi connectivity index (χ4v) is 3.75. The van der Waals surface area contributed by atoms with E-state index in [1.807, 2.05) is 0 Å². The number of halogens is 3. The number of amides is 3. The van der Waals surface area contributed by atoms with Crippen LogP contribution in [0.2, 0.25) is 0 Å². The molecule has 30 heavy (non-hydrogen) atoms. The van der Waals surface area contributed by atoms with Gasteiger partial charge in [0.15, 0.2) is 0 Å². The Hall–Kier alpha value is -3.01. The zero-order valence-electron chi connectivity index (χ0n) is 15.7. The second-order valence-corrected chi connectivity index (χ2v) is 7.67. The third kappa shape index (κ3) is 5.12. The highest BCUT2D eigenvalue weighted by atomic mass is 32.2. The van der Waals surface area contributed by atoms with Crippen molar-refractivity contribution in [3.8, 4) is 5.75 Å². The zero-order chi connectivity index (χ0) is 21.9. The van der Waals surface area contributed by atoms with Gasteiger partial charge in [0, 0.05) is 12.1 Å². The molecular weight excluding hydrogens is 421 g/mol. The molecule has 0 spiro atoms. The third-order valence-corrected chi connectivity index (χ3v) is 5.43. The number of carbonyl (C=O) groups excluding carboxylic acids is 3. The highest BCUT2D eigenvalue weighted by Gasteiger charge is 2.32. The Morgan fingerprint density at radius 3 is 2.43 bits per heavy atom. The van der Waals surface area contributed by atoms with Gasteiger partial charge < -0.3 is 10.1 Å². The van der Waals surface area contributed by atoms with Gasteiger partial charge in [-0.15, -0.1) is 0 Å². The maximum atomic E-state index is 12.6. The first-order valence-electron chi connectivity index (χ1n) is 8.80. The number of carbonyl (C=O) groups is 3. The number of ether oxygens (including phenoxy) is 1. The van der Waals surface area contributed by atoms with Crippen molar-refractivity contribution in [2.75, 3.05) is 7.11 Å². The number of hydrogen-bond donors (Lipinski definition) is 2. The minimum Gasteiger partial charge on any atom is -0.496 e. The van der Waals surface area contributed by atoms with E-state index in [1.54, 1.807) is 12.1 Å². The van der Waals surface area contributed by atoms with Gasteiger partial charge in [0.1, 0.15) is 5.75 Å². The van der Waals surface area contributed by atoms with Crippen LogP contribution in [-0.4, -0.2) is 29.4 Å². The van der Waals surface area contributed by atoms with E-state index in [0.717, 1.165) is 23.9 Å². The summed E-state index contributed by atoms with van der Waals surface area (Å²) in [7, 11) is 1.45. The molecule has 1 aliphatic heterocycles. The van der Waals surface area contributed by atoms with Crippen molar-refractivity contribution in [3.05, 3.63) is 64.7 Å². The van der Waals surface area contributed by atoms with Crippen LogP contribution >= 0.6 is 11.8 Å². The molecule has 6 nitrogen and oxygen atoms in total. The lowest BCUT2D eigenvalue weighted by Gasteiger charge is -2.13. The van der Waals surface area contributed by atoms with Crippen LogP contribution in [0.25, 0.3) is 0 Å². The molecule has 2 aromatic rings. The molecule has 1 heterocycles. The molecule has 158 valence electrons. The number of methoxy groups -OCH3 is 1. The quantitative estimate of drug-likeness (QED) is 0.721. The highest BCUT2D eigenvalue weighted by Crippen LogP contribution is 2.30. The van der Waals surface area contributed by atoms with E-state index in [2.05, 4.69) is 10.6 Å². The fourth-order valence-electron chi connectivity index (χ4n) is 2.90. The van der Waals surface area contributed by atoms with Gasteiger partial charge in [-0.3, -0.25) is 19.7 Å². The number of hydrogen-bond acceptors (Lipinski definition) is 5. The SMILES string of the molecule is COc1ccc(C(=O)NCc2ccc(C(F)(F)F)cc2)cc1CC1SC(=O)NC1=O. The Balaban J connectivity index is 1.68. The molecule has 1 saturated heterocycles.